The molecule has 0 spiro atoms. The summed E-state index contributed by atoms with van der Waals surface area (Å²) in [6, 6.07) is 0. The largest absolute Gasteiger partial charge is 0.444 e. The average Bonchev–Trinajstić information content (AvgIpc) is 1.98. The van der Waals surface area contributed by atoms with Crippen molar-refractivity contribution < 1.29 is 14.3 Å². The number of rotatable bonds is 0. The second-order valence-corrected chi connectivity index (χ2v) is 4.47. The maximum absolute atomic E-state index is 11.7. The van der Waals surface area contributed by atoms with Crippen LogP contribution in [0.1, 0.15) is 20.8 Å². The smallest absolute Gasteiger partial charge is 0.410 e. The van der Waals surface area contributed by atoms with Crippen LogP contribution in [0.4, 0.5) is 4.79 Å². The SMILES string of the molecule is CC(C)(C)OC(=O)N1CC=CCOCC1. The fourth-order valence-corrected chi connectivity index (χ4v) is 1.18. The quantitative estimate of drug-likeness (QED) is 0.576. The predicted octanol–water partition coefficient (Wildman–Crippen LogP) is 1.81. The van der Waals surface area contributed by atoms with Crippen LogP contribution in [0.25, 0.3) is 0 Å². The summed E-state index contributed by atoms with van der Waals surface area (Å²) in [5.74, 6) is 0. The molecule has 0 bridgehead atoms. The standard InChI is InChI=1S/C11H19NO3/c1-11(2,3)15-10(13)12-6-4-5-8-14-9-7-12/h4-5H,6-9H2,1-3H3. The van der Waals surface area contributed by atoms with Crippen molar-refractivity contribution in [1.82, 2.24) is 4.90 Å². The lowest BCUT2D eigenvalue weighted by molar-refractivity contribution is 0.0203. The molecular formula is C11H19NO3. The number of nitrogens with zero attached hydrogens (tertiary/aromatic N) is 1. The lowest BCUT2D eigenvalue weighted by Gasteiger charge is -2.27. The summed E-state index contributed by atoms with van der Waals surface area (Å²) in [7, 11) is 0. The molecule has 0 aromatic carbocycles. The van der Waals surface area contributed by atoms with Crippen molar-refractivity contribution in [3.05, 3.63) is 12.2 Å². The molecule has 0 saturated carbocycles. The molecule has 4 heteroatoms. The third-order valence-corrected chi connectivity index (χ3v) is 1.86. The molecule has 0 atom stereocenters. The van der Waals surface area contributed by atoms with Gasteiger partial charge in [0.15, 0.2) is 0 Å². The van der Waals surface area contributed by atoms with E-state index in [4.69, 9.17) is 9.47 Å². The molecule has 0 aliphatic carbocycles. The van der Waals surface area contributed by atoms with Gasteiger partial charge in [0.05, 0.1) is 13.2 Å². The number of amides is 1. The Morgan fingerprint density at radius 2 is 2.13 bits per heavy atom. The number of hydrogen-bond acceptors (Lipinski definition) is 3. The fourth-order valence-electron chi connectivity index (χ4n) is 1.18. The van der Waals surface area contributed by atoms with Crippen LogP contribution in [0.2, 0.25) is 0 Å². The molecular weight excluding hydrogens is 194 g/mol. The molecule has 1 heterocycles. The Balaban J connectivity index is 2.49. The van der Waals surface area contributed by atoms with E-state index in [0.29, 0.717) is 26.3 Å². The molecule has 0 aromatic heterocycles. The average molecular weight is 213 g/mol. The van der Waals surface area contributed by atoms with E-state index in [9.17, 15) is 4.79 Å². The van der Waals surface area contributed by atoms with Gasteiger partial charge in [-0.25, -0.2) is 4.79 Å². The first-order chi connectivity index (χ1) is 6.99. The van der Waals surface area contributed by atoms with Gasteiger partial charge in [0.1, 0.15) is 5.60 Å². The van der Waals surface area contributed by atoms with Crippen LogP contribution < -0.4 is 0 Å². The second kappa shape index (κ2) is 5.16. The van der Waals surface area contributed by atoms with Gasteiger partial charge in [-0.3, -0.25) is 0 Å². The Bertz CT molecular complexity index is 243. The maximum Gasteiger partial charge on any atom is 0.410 e. The van der Waals surface area contributed by atoms with Crippen molar-refractivity contribution in [2.75, 3.05) is 26.3 Å². The Labute approximate surface area is 90.8 Å². The van der Waals surface area contributed by atoms with Crippen molar-refractivity contribution in [2.24, 2.45) is 0 Å². The van der Waals surface area contributed by atoms with E-state index in [2.05, 4.69) is 0 Å². The summed E-state index contributed by atoms with van der Waals surface area (Å²) in [6.45, 7) is 7.95. The number of ether oxygens (including phenoxy) is 2. The van der Waals surface area contributed by atoms with E-state index >= 15 is 0 Å². The van der Waals surface area contributed by atoms with Crippen molar-refractivity contribution in [3.63, 3.8) is 0 Å². The third-order valence-electron chi connectivity index (χ3n) is 1.86. The summed E-state index contributed by atoms with van der Waals surface area (Å²) in [6.07, 6.45) is 3.55. The Hall–Kier alpha value is -1.03. The highest BCUT2D eigenvalue weighted by atomic mass is 16.6. The Morgan fingerprint density at radius 3 is 2.80 bits per heavy atom. The molecule has 1 aliphatic heterocycles. The first-order valence-corrected chi connectivity index (χ1v) is 5.20. The zero-order valence-corrected chi connectivity index (χ0v) is 9.66. The minimum Gasteiger partial charge on any atom is -0.444 e. The van der Waals surface area contributed by atoms with Gasteiger partial charge in [-0.05, 0) is 20.8 Å². The molecule has 1 amide bonds. The monoisotopic (exact) mass is 213 g/mol. The second-order valence-electron chi connectivity index (χ2n) is 4.47. The van der Waals surface area contributed by atoms with Crippen LogP contribution in [0.15, 0.2) is 12.2 Å². The van der Waals surface area contributed by atoms with Gasteiger partial charge < -0.3 is 14.4 Å². The maximum atomic E-state index is 11.7. The van der Waals surface area contributed by atoms with E-state index in [1.54, 1.807) is 4.90 Å². The van der Waals surface area contributed by atoms with Gasteiger partial charge in [0.25, 0.3) is 0 Å². The molecule has 0 unspecified atom stereocenters. The number of carbonyl (C=O) groups is 1. The summed E-state index contributed by atoms with van der Waals surface area (Å²) in [4.78, 5) is 13.3. The molecule has 86 valence electrons. The Kier molecular flexibility index (Phi) is 4.15. The van der Waals surface area contributed by atoms with Gasteiger partial charge in [-0.2, -0.15) is 0 Å². The minimum absolute atomic E-state index is 0.280. The lowest BCUT2D eigenvalue weighted by Crippen LogP contribution is -2.39. The predicted molar refractivity (Wildman–Crippen MR) is 57.8 cm³/mol. The van der Waals surface area contributed by atoms with Crippen LogP contribution >= 0.6 is 0 Å². The van der Waals surface area contributed by atoms with Gasteiger partial charge in [-0.15, -0.1) is 0 Å². The zero-order valence-electron chi connectivity index (χ0n) is 9.66. The minimum atomic E-state index is -0.440. The van der Waals surface area contributed by atoms with Crippen LogP contribution in [0.5, 0.6) is 0 Å². The van der Waals surface area contributed by atoms with Gasteiger partial charge in [-0.1, -0.05) is 12.2 Å². The molecule has 0 saturated heterocycles. The molecule has 1 aliphatic rings. The molecule has 0 N–H and O–H groups in total. The van der Waals surface area contributed by atoms with E-state index in [0.717, 1.165) is 0 Å². The van der Waals surface area contributed by atoms with Crippen LogP contribution in [0, 0.1) is 0 Å². The van der Waals surface area contributed by atoms with E-state index in [1.165, 1.54) is 0 Å². The fraction of sp³-hybridized carbons (Fsp3) is 0.727. The molecule has 0 radical (unpaired) electrons. The van der Waals surface area contributed by atoms with Crippen molar-refractivity contribution in [3.8, 4) is 0 Å². The summed E-state index contributed by atoms with van der Waals surface area (Å²) in [5, 5.41) is 0. The summed E-state index contributed by atoms with van der Waals surface area (Å²) in [5.41, 5.74) is -0.440. The van der Waals surface area contributed by atoms with E-state index in [1.807, 2.05) is 32.9 Å². The van der Waals surface area contributed by atoms with Crippen LogP contribution in [-0.4, -0.2) is 42.9 Å². The van der Waals surface area contributed by atoms with Crippen molar-refractivity contribution >= 4 is 6.09 Å². The summed E-state index contributed by atoms with van der Waals surface area (Å²) >= 11 is 0. The molecule has 15 heavy (non-hydrogen) atoms. The first kappa shape index (κ1) is 12.0. The van der Waals surface area contributed by atoms with Crippen molar-refractivity contribution in [1.29, 1.82) is 0 Å². The van der Waals surface area contributed by atoms with Gasteiger partial charge in [0.2, 0.25) is 0 Å². The zero-order chi connectivity index (χ0) is 11.3. The molecule has 0 aromatic rings. The normalized spacial score (nSPS) is 18.2. The van der Waals surface area contributed by atoms with E-state index in [-0.39, 0.29) is 6.09 Å². The first-order valence-electron chi connectivity index (χ1n) is 5.20. The third kappa shape index (κ3) is 4.83. The van der Waals surface area contributed by atoms with Crippen LogP contribution in [-0.2, 0) is 9.47 Å². The highest BCUT2D eigenvalue weighted by Gasteiger charge is 2.21. The van der Waals surface area contributed by atoms with E-state index < -0.39 is 5.60 Å². The highest BCUT2D eigenvalue weighted by molar-refractivity contribution is 5.68. The van der Waals surface area contributed by atoms with Gasteiger partial charge in [0, 0.05) is 13.1 Å². The number of carbonyl (C=O) groups excluding carboxylic acids is 1. The molecule has 0 fully saturated rings. The highest BCUT2D eigenvalue weighted by Crippen LogP contribution is 2.10. The lowest BCUT2D eigenvalue weighted by atomic mass is 10.2. The molecule has 4 nitrogen and oxygen atoms in total. The van der Waals surface area contributed by atoms with Crippen LogP contribution in [0.3, 0.4) is 0 Å². The summed E-state index contributed by atoms with van der Waals surface area (Å²) < 4.78 is 10.5. The number of hydrogen-bond donors (Lipinski definition) is 0. The Morgan fingerprint density at radius 1 is 1.40 bits per heavy atom. The van der Waals surface area contributed by atoms with Crippen molar-refractivity contribution in [2.45, 2.75) is 26.4 Å². The molecule has 1 rings (SSSR count). The van der Waals surface area contributed by atoms with Gasteiger partial charge >= 0.3 is 6.09 Å². The topological polar surface area (TPSA) is 38.8 Å².